The van der Waals surface area contributed by atoms with Crippen LogP contribution in [0.15, 0.2) is 23.6 Å². The molecule has 5 heteroatoms. The first-order valence-electron chi connectivity index (χ1n) is 3.68. The number of pyridine rings is 1. The number of aromatic nitrogens is 2. The summed E-state index contributed by atoms with van der Waals surface area (Å²) in [6.45, 7) is 0. The molecule has 0 amide bonds. The smallest absolute Gasteiger partial charge is 0.137 e. The van der Waals surface area contributed by atoms with Gasteiger partial charge in [-0.1, -0.05) is 11.6 Å². The lowest BCUT2D eigenvalue weighted by Gasteiger charge is -1.97. The molecule has 66 valence electrons. The van der Waals surface area contributed by atoms with Crippen LogP contribution in [-0.2, 0) is 0 Å². The lowest BCUT2D eigenvalue weighted by Crippen LogP contribution is -1.90. The van der Waals surface area contributed by atoms with Crippen molar-refractivity contribution in [1.82, 2.24) is 9.97 Å². The van der Waals surface area contributed by atoms with E-state index in [0.717, 1.165) is 16.6 Å². The number of rotatable bonds is 1. The van der Waals surface area contributed by atoms with E-state index in [9.17, 15) is 0 Å². The van der Waals surface area contributed by atoms with Crippen LogP contribution in [0.3, 0.4) is 0 Å². The van der Waals surface area contributed by atoms with Crippen LogP contribution in [0.2, 0.25) is 5.02 Å². The molecule has 3 N–H and O–H groups in total. The van der Waals surface area contributed by atoms with Crippen LogP contribution in [-0.4, -0.2) is 16.2 Å². The molecule has 0 saturated heterocycles. The largest absolute Gasteiger partial charge is 0.346 e. The molecular formula is C8H7ClN4. The number of hydrogen-bond acceptors (Lipinski definition) is 3. The molecule has 0 aromatic carbocycles. The second-order valence-electron chi connectivity index (χ2n) is 2.54. The lowest BCUT2D eigenvalue weighted by atomic mass is 10.2. The molecular weight excluding hydrogens is 188 g/mol. The summed E-state index contributed by atoms with van der Waals surface area (Å²) < 4.78 is 0. The first kappa shape index (κ1) is 8.07. The summed E-state index contributed by atoms with van der Waals surface area (Å²) in [4.78, 5) is 7.07. The van der Waals surface area contributed by atoms with Gasteiger partial charge in [0, 0.05) is 23.3 Å². The van der Waals surface area contributed by atoms with Gasteiger partial charge in [0.25, 0.3) is 0 Å². The standard InChI is InChI=1S/C8H7ClN4/c9-7-4-12-8-5(1-2-11-8)6(7)3-13-10/h1-4H,10H2,(H,11,12)/b13-3-. The lowest BCUT2D eigenvalue weighted by molar-refractivity contribution is 1.26. The fraction of sp³-hybridized carbons (Fsp3) is 0. The van der Waals surface area contributed by atoms with Crippen LogP contribution >= 0.6 is 11.6 Å². The minimum atomic E-state index is 0.543. The highest BCUT2D eigenvalue weighted by Crippen LogP contribution is 2.21. The van der Waals surface area contributed by atoms with Crippen LogP contribution in [0.25, 0.3) is 11.0 Å². The molecule has 2 aromatic heterocycles. The SMILES string of the molecule is N/N=C\c1c(Cl)cnc2[nH]ccc12. The third-order valence-corrected chi connectivity index (χ3v) is 2.08. The molecule has 0 bridgehead atoms. The highest BCUT2D eigenvalue weighted by Gasteiger charge is 2.05. The van der Waals surface area contributed by atoms with Gasteiger partial charge in [-0.3, -0.25) is 0 Å². The molecule has 2 aromatic rings. The van der Waals surface area contributed by atoms with E-state index in [1.807, 2.05) is 6.07 Å². The van der Waals surface area contributed by atoms with E-state index in [-0.39, 0.29) is 0 Å². The van der Waals surface area contributed by atoms with Crippen molar-refractivity contribution in [3.8, 4) is 0 Å². The Morgan fingerprint density at radius 3 is 3.23 bits per heavy atom. The van der Waals surface area contributed by atoms with Gasteiger partial charge in [-0.05, 0) is 6.07 Å². The summed E-state index contributed by atoms with van der Waals surface area (Å²) in [7, 11) is 0. The van der Waals surface area contributed by atoms with E-state index in [0.29, 0.717) is 5.02 Å². The number of aromatic amines is 1. The van der Waals surface area contributed by atoms with Gasteiger partial charge < -0.3 is 10.8 Å². The molecule has 2 heterocycles. The van der Waals surface area contributed by atoms with Gasteiger partial charge in [-0.25, -0.2) is 4.98 Å². The van der Waals surface area contributed by atoms with Crippen LogP contribution in [0.1, 0.15) is 5.56 Å². The quantitative estimate of drug-likeness (QED) is 0.411. The molecule has 0 aliphatic heterocycles. The Morgan fingerprint density at radius 2 is 2.46 bits per heavy atom. The molecule has 2 rings (SSSR count). The van der Waals surface area contributed by atoms with Gasteiger partial charge in [0.05, 0.1) is 11.2 Å². The topological polar surface area (TPSA) is 67.1 Å². The Hall–Kier alpha value is -1.55. The molecule has 0 fully saturated rings. The molecule has 13 heavy (non-hydrogen) atoms. The van der Waals surface area contributed by atoms with Crippen LogP contribution in [0.4, 0.5) is 0 Å². The highest BCUT2D eigenvalue weighted by atomic mass is 35.5. The van der Waals surface area contributed by atoms with E-state index in [1.54, 1.807) is 12.4 Å². The van der Waals surface area contributed by atoms with E-state index in [1.165, 1.54) is 6.21 Å². The summed E-state index contributed by atoms with van der Waals surface area (Å²) in [6.07, 6.45) is 4.87. The van der Waals surface area contributed by atoms with Crippen molar-refractivity contribution >= 4 is 28.8 Å². The highest BCUT2D eigenvalue weighted by molar-refractivity contribution is 6.34. The Bertz CT molecular complexity index is 460. The van der Waals surface area contributed by atoms with E-state index >= 15 is 0 Å². The monoisotopic (exact) mass is 194 g/mol. The molecule has 0 radical (unpaired) electrons. The number of halogens is 1. The summed E-state index contributed by atoms with van der Waals surface area (Å²) >= 11 is 5.92. The van der Waals surface area contributed by atoms with Crippen molar-refractivity contribution in [2.45, 2.75) is 0 Å². The number of hydrogen-bond donors (Lipinski definition) is 2. The van der Waals surface area contributed by atoms with Crippen LogP contribution < -0.4 is 5.84 Å². The summed E-state index contributed by atoms with van der Waals surface area (Å²) in [5, 5.41) is 4.91. The van der Waals surface area contributed by atoms with Crippen molar-refractivity contribution in [1.29, 1.82) is 0 Å². The first-order valence-corrected chi connectivity index (χ1v) is 4.05. The summed E-state index contributed by atoms with van der Waals surface area (Å²) in [5.41, 5.74) is 1.56. The third kappa shape index (κ3) is 1.25. The minimum absolute atomic E-state index is 0.543. The first-order chi connectivity index (χ1) is 6.33. The summed E-state index contributed by atoms with van der Waals surface area (Å²) in [6, 6.07) is 1.88. The van der Waals surface area contributed by atoms with E-state index < -0.39 is 0 Å². The Labute approximate surface area is 79.4 Å². The zero-order chi connectivity index (χ0) is 9.26. The molecule has 0 unspecified atom stereocenters. The van der Waals surface area contributed by atoms with Gasteiger partial charge in [0.1, 0.15) is 5.65 Å². The predicted octanol–water partition coefficient (Wildman–Crippen LogP) is 1.51. The van der Waals surface area contributed by atoms with Crippen LogP contribution in [0, 0.1) is 0 Å². The van der Waals surface area contributed by atoms with Crippen molar-refractivity contribution in [3.63, 3.8) is 0 Å². The second-order valence-corrected chi connectivity index (χ2v) is 2.95. The normalized spacial score (nSPS) is 11.5. The van der Waals surface area contributed by atoms with Crippen molar-refractivity contribution in [3.05, 3.63) is 29.0 Å². The predicted molar refractivity (Wildman–Crippen MR) is 52.9 cm³/mol. The molecule has 0 atom stereocenters. The maximum absolute atomic E-state index is 5.92. The fourth-order valence-electron chi connectivity index (χ4n) is 1.21. The zero-order valence-corrected chi connectivity index (χ0v) is 7.42. The second kappa shape index (κ2) is 3.06. The Balaban J connectivity index is 2.80. The number of hydrazone groups is 1. The molecule has 4 nitrogen and oxygen atoms in total. The molecule has 0 spiro atoms. The molecule has 0 saturated carbocycles. The average molecular weight is 195 g/mol. The Morgan fingerprint density at radius 1 is 1.62 bits per heavy atom. The minimum Gasteiger partial charge on any atom is -0.346 e. The van der Waals surface area contributed by atoms with Gasteiger partial charge in [0.2, 0.25) is 0 Å². The van der Waals surface area contributed by atoms with Crippen molar-refractivity contribution < 1.29 is 0 Å². The molecule has 0 aliphatic rings. The average Bonchev–Trinajstić information content (AvgIpc) is 2.58. The van der Waals surface area contributed by atoms with Crippen molar-refractivity contribution in [2.75, 3.05) is 0 Å². The van der Waals surface area contributed by atoms with Crippen LogP contribution in [0.5, 0.6) is 0 Å². The Kier molecular flexibility index (Phi) is 1.90. The van der Waals surface area contributed by atoms with Gasteiger partial charge in [-0.2, -0.15) is 5.10 Å². The number of fused-ring (bicyclic) bond motifs is 1. The van der Waals surface area contributed by atoms with Gasteiger partial charge >= 0.3 is 0 Å². The van der Waals surface area contributed by atoms with Gasteiger partial charge in [0.15, 0.2) is 0 Å². The van der Waals surface area contributed by atoms with Gasteiger partial charge in [-0.15, -0.1) is 0 Å². The number of nitrogens with zero attached hydrogens (tertiary/aromatic N) is 2. The number of H-pyrrole nitrogens is 1. The number of nitrogens with two attached hydrogens (primary N) is 1. The van der Waals surface area contributed by atoms with E-state index in [4.69, 9.17) is 17.4 Å². The maximum atomic E-state index is 5.92. The maximum Gasteiger partial charge on any atom is 0.137 e. The molecule has 0 aliphatic carbocycles. The number of nitrogens with one attached hydrogen (secondary N) is 1. The summed E-state index contributed by atoms with van der Waals surface area (Å²) in [5.74, 6) is 5.07. The third-order valence-electron chi connectivity index (χ3n) is 1.78. The van der Waals surface area contributed by atoms with Crippen molar-refractivity contribution in [2.24, 2.45) is 10.9 Å². The zero-order valence-electron chi connectivity index (χ0n) is 6.66. The van der Waals surface area contributed by atoms with E-state index in [2.05, 4.69) is 15.1 Å². The fourth-order valence-corrected chi connectivity index (χ4v) is 1.41.